The minimum atomic E-state index is -0.380. The molecule has 3 nitrogen and oxygen atoms in total. The molecule has 0 radical (unpaired) electrons. The Bertz CT molecular complexity index is 1230. The predicted molar refractivity (Wildman–Crippen MR) is 109 cm³/mol. The molecule has 5 rings (SSSR count). The number of cyclic esters (lactones) is 1. The minimum Gasteiger partial charge on any atom is -0.489 e. The van der Waals surface area contributed by atoms with Crippen LogP contribution in [0.4, 0.5) is 4.39 Å². The first-order valence-electron chi connectivity index (χ1n) is 9.39. The average Bonchev–Trinajstić information content (AvgIpc) is 3.12. The Morgan fingerprint density at radius 2 is 1.69 bits per heavy atom. The zero-order chi connectivity index (χ0) is 19.8. The van der Waals surface area contributed by atoms with Crippen LogP contribution in [0.1, 0.15) is 21.5 Å². The highest BCUT2D eigenvalue weighted by atomic mass is 19.1. The van der Waals surface area contributed by atoms with E-state index in [4.69, 9.17) is 9.47 Å². The second-order valence-corrected chi connectivity index (χ2v) is 6.99. The lowest BCUT2D eigenvalue weighted by Gasteiger charge is -2.14. The van der Waals surface area contributed by atoms with E-state index in [2.05, 4.69) is 0 Å². The van der Waals surface area contributed by atoms with E-state index in [1.165, 1.54) is 6.07 Å². The molecule has 0 unspecified atom stereocenters. The Balaban J connectivity index is 1.63. The summed E-state index contributed by atoms with van der Waals surface area (Å²) in [7, 11) is 0. The molecular weight excluding hydrogens is 367 g/mol. The summed E-state index contributed by atoms with van der Waals surface area (Å²) in [6.07, 6.45) is 0. The van der Waals surface area contributed by atoms with Crippen LogP contribution in [0, 0.1) is 5.82 Å². The first-order valence-corrected chi connectivity index (χ1v) is 9.39. The standard InChI is InChI=1S/C25H17FO3/c26-23-9-5-4-8-20(23)24-19-11-10-18(28-14-16-6-2-1-3-7-16)12-17(19)13-21-22(24)15-29-25(21)27/h1-13H,14-15H2. The molecule has 0 atom stereocenters. The Labute approximate surface area is 167 Å². The number of carbonyl (C=O) groups excluding carboxylic acids is 1. The summed E-state index contributed by atoms with van der Waals surface area (Å²) in [5, 5.41) is 1.67. The van der Waals surface area contributed by atoms with Gasteiger partial charge in [0.05, 0.1) is 5.56 Å². The molecule has 0 spiro atoms. The highest BCUT2D eigenvalue weighted by Crippen LogP contribution is 2.40. The Morgan fingerprint density at radius 1 is 0.897 bits per heavy atom. The van der Waals surface area contributed by atoms with Gasteiger partial charge in [-0.05, 0) is 46.2 Å². The maximum absolute atomic E-state index is 14.6. The van der Waals surface area contributed by atoms with Crippen molar-refractivity contribution in [1.29, 1.82) is 0 Å². The molecule has 0 amide bonds. The molecule has 0 aliphatic carbocycles. The van der Waals surface area contributed by atoms with Gasteiger partial charge < -0.3 is 9.47 Å². The first kappa shape index (κ1) is 17.4. The van der Waals surface area contributed by atoms with Crippen molar-refractivity contribution in [2.24, 2.45) is 0 Å². The monoisotopic (exact) mass is 384 g/mol. The minimum absolute atomic E-state index is 0.153. The lowest BCUT2D eigenvalue weighted by atomic mass is 9.90. The van der Waals surface area contributed by atoms with Gasteiger partial charge in [-0.15, -0.1) is 0 Å². The summed E-state index contributed by atoms with van der Waals surface area (Å²) in [6, 6.07) is 24.0. The second kappa shape index (κ2) is 7.06. The molecule has 4 heteroatoms. The van der Waals surface area contributed by atoms with E-state index in [0.717, 1.165) is 21.9 Å². The van der Waals surface area contributed by atoms with E-state index >= 15 is 0 Å². The molecule has 4 aromatic rings. The number of carbonyl (C=O) groups is 1. The smallest absolute Gasteiger partial charge is 0.338 e. The fraction of sp³-hybridized carbons (Fsp3) is 0.0800. The number of ether oxygens (including phenoxy) is 2. The number of esters is 1. The van der Waals surface area contributed by atoms with E-state index in [9.17, 15) is 9.18 Å². The van der Waals surface area contributed by atoms with Gasteiger partial charge in [0.2, 0.25) is 0 Å². The summed E-state index contributed by atoms with van der Waals surface area (Å²) < 4.78 is 25.8. The fourth-order valence-corrected chi connectivity index (χ4v) is 3.78. The number of hydrogen-bond donors (Lipinski definition) is 0. The predicted octanol–water partition coefficient (Wildman–Crippen LogP) is 5.90. The lowest BCUT2D eigenvalue weighted by Crippen LogP contribution is -1.98. The van der Waals surface area contributed by atoms with Gasteiger partial charge in [0.1, 0.15) is 24.8 Å². The van der Waals surface area contributed by atoms with Crippen molar-refractivity contribution < 1.29 is 18.7 Å². The van der Waals surface area contributed by atoms with Gasteiger partial charge >= 0.3 is 5.97 Å². The van der Waals surface area contributed by atoms with Crippen LogP contribution >= 0.6 is 0 Å². The first-order chi connectivity index (χ1) is 14.2. The summed E-state index contributed by atoms with van der Waals surface area (Å²) in [4.78, 5) is 12.2. The van der Waals surface area contributed by atoms with Gasteiger partial charge in [0.15, 0.2) is 0 Å². The van der Waals surface area contributed by atoms with Gasteiger partial charge in [-0.25, -0.2) is 9.18 Å². The van der Waals surface area contributed by atoms with Crippen LogP contribution in [0.3, 0.4) is 0 Å². The molecule has 0 saturated heterocycles. The van der Waals surface area contributed by atoms with Crippen LogP contribution < -0.4 is 4.74 Å². The molecule has 0 bridgehead atoms. The van der Waals surface area contributed by atoms with Gasteiger partial charge in [0.25, 0.3) is 0 Å². The third kappa shape index (κ3) is 3.13. The van der Waals surface area contributed by atoms with Crippen molar-refractivity contribution >= 4 is 16.7 Å². The molecule has 1 aliphatic heterocycles. The maximum Gasteiger partial charge on any atom is 0.338 e. The topological polar surface area (TPSA) is 35.5 Å². The summed E-state index contributed by atoms with van der Waals surface area (Å²) in [6.45, 7) is 0.597. The number of hydrogen-bond acceptors (Lipinski definition) is 3. The van der Waals surface area contributed by atoms with Crippen molar-refractivity contribution in [3.63, 3.8) is 0 Å². The zero-order valence-electron chi connectivity index (χ0n) is 15.5. The molecule has 4 aromatic carbocycles. The Morgan fingerprint density at radius 3 is 2.52 bits per heavy atom. The molecule has 0 saturated carbocycles. The number of fused-ring (bicyclic) bond motifs is 2. The number of benzene rings is 4. The zero-order valence-corrected chi connectivity index (χ0v) is 15.5. The van der Waals surface area contributed by atoms with Crippen molar-refractivity contribution in [2.45, 2.75) is 13.2 Å². The van der Waals surface area contributed by atoms with Crippen molar-refractivity contribution in [1.82, 2.24) is 0 Å². The third-order valence-electron chi connectivity index (χ3n) is 5.18. The fourth-order valence-electron chi connectivity index (χ4n) is 3.78. The van der Waals surface area contributed by atoms with Crippen LogP contribution in [-0.4, -0.2) is 5.97 Å². The summed E-state index contributed by atoms with van der Waals surface area (Å²) in [5.74, 6) is -0.0202. The lowest BCUT2D eigenvalue weighted by molar-refractivity contribution is 0.0535. The molecular formula is C25H17FO3. The highest BCUT2D eigenvalue weighted by molar-refractivity contribution is 6.07. The average molecular weight is 384 g/mol. The normalized spacial score (nSPS) is 12.7. The molecule has 29 heavy (non-hydrogen) atoms. The Hall–Kier alpha value is -3.66. The molecule has 0 N–H and O–H groups in total. The van der Waals surface area contributed by atoms with E-state index < -0.39 is 0 Å². The van der Waals surface area contributed by atoms with Crippen LogP contribution in [0.5, 0.6) is 5.75 Å². The molecule has 0 fully saturated rings. The quantitative estimate of drug-likeness (QED) is 0.411. The van der Waals surface area contributed by atoms with Crippen LogP contribution in [0.2, 0.25) is 0 Å². The summed E-state index contributed by atoms with van der Waals surface area (Å²) in [5.41, 5.74) is 3.44. The van der Waals surface area contributed by atoms with Crippen molar-refractivity contribution in [3.8, 4) is 16.9 Å². The van der Waals surface area contributed by atoms with Gasteiger partial charge in [-0.3, -0.25) is 0 Å². The molecule has 1 aliphatic rings. The largest absolute Gasteiger partial charge is 0.489 e. The van der Waals surface area contributed by atoms with Crippen molar-refractivity contribution in [2.75, 3.05) is 0 Å². The second-order valence-electron chi connectivity index (χ2n) is 6.99. The van der Waals surface area contributed by atoms with E-state index in [-0.39, 0.29) is 18.4 Å². The van der Waals surface area contributed by atoms with Crippen molar-refractivity contribution in [3.05, 3.63) is 101 Å². The number of halogens is 1. The van der Waals surface area contributed by atoms with Gasteiger partial charge in [-0.2, -0.15) is 0 Å². The van der Waals surface area contributed by atoms with Gasteiger partial charge in [-0.1, -0.05) is 54.6 Å². The van der Waals surface area contributed by atoms with Crippen LogP contribution in [0.15, 0.2) is 78.9 Å². The number of rotatable bonds is 4. The third-order valence-corrected chi connectivity index (χ3v) is 5.18. The van der Waals surface area contributed by atoms with Crippen LogP contribution in [0.25, 0.3) is 21.9 Å². The Kier molecular flexibility index (Phi) is 4.24. The molecule has 142 valence electrons. The van der Waals surface area contributed by atoms with E-state index in [1.54, 1.807) is 24.3 Å². The van der Waals surface area contributed by atoms with E-state index in [0.29, 0.717) is 29.0 Å². The highest BCUT2D eigenvalue weighted by Gasteiger charge is 2.27. The maximum atomic E-state index is 14.6. The summed E-state index contributed by atoms with van der Waals surface area (Å²) >= 11 is 0. The van der Waals surface area contributed by atoms with E-state index in [1.807, 2.05) is 48.5 Å². The SMILES string of the molecule is O=C1OCc2c1cc1cc(OCc3ccccc3)ccc1c2-c1ccccc1F. The van der Waals surface area contributed by atoms with Crippen LogP contribution in [-0.2, 0) is 18.0 Å². The van der Waals surface area contributed by atoms with Gasteiger partial charge in [0, 0.05) is 11.1 Å². The molecule has 1 heterocycles. The molecule has 0 aromatic heterocycles.